The third-order valence-corrected chi connectivity index (χ3v) is 3.93. The Balaban J connectivity index is 1.39. The minimum atomic E-state index is 0.281. The Kier molecular flexibility index (Phi) is 4.88. The van der Waals surface area contributed by atoms with E-state index in [1.807, 2.05) is 18.2 Å². The molecule has 0 aromatic heterocycles. The first-order valence-corrected chi connectivity index (χ1v) is 7.85. The smallest absolute Gasteiger partial charge is 0.231 e. The molecule has 22 heavy (non-hydrogen) atoms. The zero-order chi connectivity index (χ0) is 15.2. The maximum atomic E-state index is 5.72. The van der Waals surface area contributed by atoms with Crippen molar-refractivity contribution in [3.05, 3.63) is 18.2 Å². The second kappa shape index (κ2) is 7.24. The molecule has 3 rings (SSSR count). The number of aliphatic imine (C=N–C) groups is 1. The third-order valence-electron chi connectivity index (χ3n) is 3.93. The highest BCUT2D eigenvalue weighted by Gasteiger charge is 2.16. The number of nitrogens with zero attached hydrogens (tertiary/aromatic N) is 1. The van der Waals surface area contributed by atoms with Crippen molar-refractivity contribution in [1.29, 1.82) is 0 Å². The van der Waals surface area contributed by atoms with Crippen LogP contribution >= 0.6 is 0 Å². The van der Waals surface area contributed by atoms with Gasteiger partial charge < -0.3 is 24.8 Å². The average Bonchev–Trinajstić information content (AvgIpc) is 3.21. The van der Waals surface area contributed by atoms with Gasteiger partial charge in [-0.05, 0) is 25.0 Å². The summed E-state index contributed by atoms with van der Waals surface area (Å²) in [6, 6.07) is 6.17. The lowest BCUT2D eigenvalue weighted by atomic mass is 10.2. The summed E-state index contributed by atoms with van der Waals surface area (Å²) in [5.74, 6) is 3.14. The number of nitrogens with one attached hydrogen (secondary N) is 2. The molecule has 1 fully saturated rings. The molecule has 1 aromatic rings. The largest absolute Gasteiger partial charge is 0.492 e. The molecule has 0 spiro atoms. The van der Waals surface area contributed by atoms with E-state index in [1.165, 1.54) is 25.7 Å². The molecular formula is C16H23N3O3. The number of guanidine groups is 1. The number of benzene rings is 1. The Morgan fingerprint density at radius 2 is 2.09 bits per heavy atom. The zero-order valence-electron chi connectivity index (χ0n) is 12.9. The molecule has 0 bridgehead atoms. The van der Waals surface area contributed by atoms with E-state index >= 15 is 0 Å². The summed E-state index contributed by atoms with van der Waals surface area (Å²) in [5, 5.41) is 6.72. The van der Waals surface area contributed by atoms with Crippen LogP contribution in [0.15, 0.2) is 23.2 Å². The molecule has 1 aliphatic carbocycles. The molecule has 1 saturated carbocycles. The van der Waals surface area contributed by atoms with Gasteiger partial charge in [-0.1, -0.05) is 12.8 Å². The fourth-order valence-electron chi connectivity index (χ4n) is 2.76. The summed E-state index contributed by atoms with van der Waals surface area (Å²) < 4.78 is 16.3. The van der Waals surface area contributed by atoms with Gasteiger partial charge in [0, 0.05) is 19.2 Å². The van der Waals surface area contributed by atoms with Crippen molar-refractivity contribution in [1.82, 2.24) is 10.6 Å². The van der Waals surface area contributed by atoms with Crippen molar-refractivity contribution in [2.24, 2.45) is 4.99 Å². The van der Waals surface area contributed by atoms with E-state index in [4.69, 9.17) is 14.2 Å². The van der Waals surface area contributed by atoms with Crippen LogP contribution in [-0.4, -0.2) is 39.0 Å². The first kappa shape index (κ1) is 14.8. The van der Waals surface area contributed by atoms with E-state index in [1.54, 1.807) is 7.05 Å². The molecule has 0 radical (unpaired) electrons. The van der Waals surface area contributed by atoms with Crippen molar-refractivity contribution >= 4 is 5.96 Å². The number of hydrogen-bond acceptors (Lipinski definition) is 4. The highest BCUT2D eigenvalue weighted by molar-refractivity contribution is 5.79. The monoisotopic (exact) mass is 305 g/mol. The van der Waals surface area contributed by atoms with Gasteiger partial charge in [-0.15, -0.1) is 0 Å². The number of hydrogen-bond donors (Lipinski definition) is 2. The van der Waals surface area contributed by atoms with E-state index in [9.17, 15) is 0 Å². The third kappa shape index (κ3) is 3.75. The van der Waals surface area contributed by atoms with Crippen LogP contribution in [0.4, 0.5) is 0 Å². The zero-order valence-corrected chi connectivity index (χ0v) is 12.9. The van der Waals surface area contributed by atoms with Crippen LogP contribution in [0.3, 0.4) is 0 Å². The summed E-state index contributed by atoms with van der Waals surface area (Å²) in [5.41, 5.74) is 0. The van der Waals surface area contributed by atoms with Crippen LogP contribution in [-0.2, 0) is 0 Å². The Morgan fingerprint density at radius 1 is 1.27 bits per heavy atom. The highest BCUT2D eigenvalue weighted by atomic mass is 16.7. The molecule has 6 heteroatoms. The maximum absolute atomic E-state index is 5.72. The van der Waals surface area contributed by atoms with Gasteiger partial charge in [-0.3, -0.25) is 4.99 Å². The van der Waals surface area contributed by atoms with Crippen molar-refractivity contribution in [2.75, 3.05) is 27.0 Å². The molecule has 6 nitrogen and oxygen atoms in total. The minimum absolute atomic E-state index is 0.281. The van der Waals surface area contributed by atoms with E-state index in [-0.39, 0.29) is 6.79 Å². The summed E-state index contributed by atoms with van der Waals surface area (Å²) in [4.78, 5) is 4.25. The summed E-state index contributed by atoms with van der Waals surface area (Å²) >= 11 is 0. The second-order valence-corrected chi connectivity index (χ2v) is 5.49. The molecular weight excluding hydrogens is 282 g/mol. The number of fused-ring (bicyclic) bond motifs is 1. The van der Waals surface area contributed by atoms with Crippen molar-refractivity contribution in [2.45, 2.75) is 31.7 Å². The van der Waals surface area contributed by atoms with Crippen LogP contribution in [0.1, 0.15) is 25.7 Å². The standard InChI is InChI=1S/C16H23N3O3/c1-17-16(19-12-4-2-3-5-12)18-8-9-20-13-6-7-14-15(10-13)22-11-21-14/h6-7,10,12H,2-5,8-9,11H2,1H3,(H2,17,18,19). The Morgan fingerprint density at radius 3 is 2.91 bits per heavy atom. The average molecular weight is 305 g/mol. The summed E-state index contributed by atoms with van der Waals surface area (Å²) in [6.45, 7) is 1.54. The van der Waals surface area contributed by atoms with E-state index in [0.717, 1.165) is 23.2 Å². The Bertz CT molecular complexity index is 527. The Labute approximate surface area is 130 Å². The predicted octanol–water partition coefficient (Wildman–Crippen LogP) is 1.90. The van der Waals surface area contributed by atoms with Gasteiger partial charge in [0.2, 0.25) is 6.79 Å². The van der Waals surface area contributed by atoms with Gasteiger partial charge in [-0.25, -0.2) is 0 Å². The topological polar surface area (TPSA) is 64.1 Å². The molecule has 1 aromatic carbocycles. The van der Waals surface area contributed by atoms with Gasteiger partial charge in [0.25, 0.3) is 0 Å². The fraction of sp³-hybridized carbons (Fsp3) is 0.562. The van der Waals surface area contributed by atoms with Gasteiger partial charge >= 0.3 is 0 Å². The minimum Gasteiger partial charge on any atom is -0.492 e. The lowest BCUT2D eigenvalue weighted by Crippen LogP contribution is -2.43. The van der Waals surface area contributed by atoms with E-state index < -0.39 is 0 Å². The second-order valence-electron chi connectivity index (χ2n) is 5.49. The van der Waals surface area contributed by atoms with Crippen LogP contribution in [0.2, 0.25) is 0 Å². The molecule has 0 atom stereocenters. The van der Waals surface area contributed by atoms with Gasteiger partial charge in [0.1, 0.15) is 12.4 Å². The van der Waals surface area contributed by atoms with Gasteiger partial charge in [-0.2, -0.15) is 0 Å². The molecule has 0 saturated heterocycles. The van der Waals surface area contributed by atoms with E-state index in [0.29, 0.717) is 19.2 Å². The van der Waals surface area contributed by atoms with Crippen molar-refractivity contribution in [3.63, 3.8) is 0 Å². The summed E-state index contributed by atoms with van der Waals surface area (Å²) in [6.07, 6.45) is 5.08. The number of rotatable bonds is 5. The molecule has 0 unspecified atom stereocenters. The normalized spacial score (nSPS) is 17.6. The Hall–Kier alpha value is -2.11. The lowest BCUT2D eigenvalue weighted by molar-refractivity contribution is 0.173. The van der Waals surface area contributed by atoms with Crippen LogP contribution in [0.5, 0.6) is 17.2 Å². The van der Waals surface area contributed by atoms with Gasteiger partial charge in [0.15, 0.2) is 17.5 Å². The van der Waals surface area contributed by atoms with Gasteiger partial charge in [0.05, 0.1) is 6.54 Å². The van der Waals surface area contributed by atoms with Crippen molar-refractivity contribution < 1.29 is 14.2 Å². The lowest BCUT2D eigenvalue weighted by Gasteiger charge is -2.17. The molecule has 2 aliphatic rings. The molecule has 1 heterocycles. The quantitative estimate of drug-likeness (QED) is 0.494. The molecule has 0 amide bonds. The van der Waals surface area contributed by atoms with Crippen LogP contribution in [0.25, 0.3) is 0 Å². The molecule has 120 valence electrons. The number of ether oxygens (including phenoxy) is 3. The highest BCUT2D eigenvalue weighted by Crippen LogP contribution is 2.34. The van der Waals surface area contributed by atoms with E-state index in [2.05, 4.69) is 15.6 Å². The van der Waals surface area contributed by atoms with Crippen molar-refractivity contribution in [3.8, 4) is 17.2 Å². The summed E-state index contributed by atoms with van der Waals surface area (Å²) in [7, 11) is 1.79. The van der Waals surface area contributed by atoms with Crippen LogP contribution in [0, 0.1) is 0 Å². The first-order valence-electron chi connectivity index (χ1n) is 7.85. The molecule has 2 N–H and O–H groups in total. The predicted molar refractivity (Wildman–Crippen MR) is 84.8 cm³/mol. The molecule has 1 aliphatic heterocycles. The fourth-order valence-corrected chi connectivity index (χ4v) is 2.76. The maximum Gasteiger partial charge on any atom is 0.231 e. The SMILES string of the molecule is CN=C(NCCOc1ccc2c(c1)OCO2)NC1CCCC1. The van der Waals surface area contributed by atoms with Crippen LogP contribution < -0.4 is 24.8 Å². The first-order chi connectivity index (χ1) is 10.8.